The van der Waals surface area contributed by atoms with Crippen molar-refractivity contribution in [3.05, 3.63) is 11.6 Å². The van der Waals surface area contributed by atoms with Crippen LogP contribution in [0.3, 0.4) is 0 Å². The van der Waals surface area contributed by atoms with Crippen molar-refractivity contribution >= 4 is 11.8 Å². The standard InChI is InChI=1S/C26H34O8/c1-3-26(34-24-21(30)19(28)20(29)22(33-24)23(31)32)11-9-18-17-6-4-13-12-14(27)5-7-15(13)16(17)8-10-25(18,26)2/h1,12,15-22,24,28-30H,4-11H2,2H3,(H,31,32)/t15-,16-,17-,18+,19?,20?,21?,22?,24?,25+,26+/m0/s1. The predicted molar refractivity (Wildman–Crippen MR) is 119 cm³/mol. The molecule has 5 rings (SSSR count). The number of terminal acetylenes is 1. The van der Waals surface area contributed by atoms with E-state index in [4.69, 9.17) is 15.9 Å². The van der Waals surface area contributed by atoms with Crippen molar-refractivity contribution in [3.8, 4) is 12.3 Å². The first-order chi connectivity index (χ1) is 16.1. The van der Waals surface area contributed by atoms with E-state index in [1.165, 1.54) is 5.57 Å². The molecule has 3 saturated carbocycles. The summed E-state index contributed by atoms with van der Waals surface area (Å²) in [7, 11) is 0. The van der Waals surface area contributed by atoms with Crippen LogP contribution in [0.25, 0.3) is 0 Å². The Labute approximate surface area is 199 Å². The molecule has 5 unspecified atom stereocenters. The molecule has 0 radical (unpaired) electrons. The molecule has 1 saturated heterocycles. The number of allylic oxidation sites excluding steroid dienone is 1. The smallest absolute Gasteiger partial charge is 0.335 e. The zero-order chi connectivity index (χ0) is 24.4. The lowest BCUT2D eigenvalue weighted by atomic mass is 9.50. The van der Waals surface area contributed by atoms with E-state index >= 15 is 0 Å². The average molecular weight is 475 g/mol. The van der Waals surface area contributed by atoms with Crippen LogP contribution in [-0.4, -0.2) is 68.5 Å². The van der Waals surface area contributed by atoms with Crippen LogP contribution >= 0.6 is 0 Å². The van der Waals surface area contributed by atoms with Crippen LogP contribution in [0.4, 0.5) is 0 Å². The van der Waals surface area contributed by atoms with Gasteiger partial charge < -0.3 is 29.9 Å². The predicted octanol–water partition coefficient (Wildman–Crippen LogP) is 1.41. The maximum absolute atomic E-state index is 11.9. The van der Waals surface area contributed by atoms with Gasteiger partial charge in [-0.15, -0.1) is 6.42 Å². The quantitative estimate of drug-likeness (QED) is 0.451. The van der Waals surface area contributed by atoms with Crippen LogP contribution in [0.15, 0.2) is 11.6 Å². The van der Waals surface area contributed by atoms with E-state index in [2.05, 4.69) is 12.8 Å². The zero-order valence-corrected chi connectivity index (χ0v) is 19.4. The molecular formula is C26H34O8. The molecule has 11 atom stereocenters. The molecule has 8 nitrogen and oxygen atoms in total. The fourth-order valence-corrected chi connectivity index (χ4v) is 7.99. The van der Waals surface area contributed by atoms with Gasteiger partial charge >= 0.3 is 5.97 Å². The topological polar surface area (TPSA) is 134 Å². The zero-order valence-electron chi connectivity index (χ0n) is 19.4. The molecule has 0 aromatic rings. The highest BCUT2D eigenvalue weighted by Crippen LogP contribution is 2.66. The van der Waals surface area contributed by atoms with Gasteiger partial charge in [-0.25, -0.2) is 4.79 Å². The Morgan fingerprint density at radius 1 is 1.09 bits per heavy atom. The number of hydrogen-bond acceptors (Lipinski definition) is 7. The minimum atomic E-state index is -1.77. The summed E-state index contributed by atoms with van der Waals surface area (Å²) in [5.41, 5.74) is -0.181. The second kappa shape index (κ2) is 8.42. The van der Waals surface area contributed by atoms with Crippen LogP contribution < -0.4 is 0 Å². The molecule has 4 fully saturated rings. The monoisotopic (exact) mass is 474 g/mol. The maximum atomic E-state index is 11.9. The van der Waals surface area contributed by atoms with Crippen molar-refractivity contribution in [3.63, 3.8) is 0 Å². The molecule has 0 amide bonds. The summed E-state index contributed by atoms with van der Waals surface area (Å²) in [5.74, 6) is 3.38. The molecule has 0 aromatic carbocycles. The Balaban J connectivity index is 1.40. The Hall–Kier alpha value is -1.76. The van der Waals surface area contributed by atoms with Crippen LogP contribution in [0.1, 0.15) is 58.3 Å². The number of carbonyl (C=O) groups is 2. The van der Waals surface area contributed by atoms with Gasteiger partial charge in [0.1, 0.15) is 23.9 Å². The van der Waals surface area contributed by atoms with Crippen LogP contribution in [-0.2, 0) is 19.1 Å². The molecule has 186 valence electrons. The van der Waals surface area contributed by atoms with Gasteiger partial charge in [-0.1, -0.05) is 18.4 Å². The van der Waals surface area contributed by atoms with Crippen LogP contribution in [0.5, 0.6) is 0 Å². The van der Waals surface area contributed by atoms with E-state index in [-0.39, 0.29) is 5.78 Å². The summed E-state index contributed by atoms with van der Waals surface area (Å²) >= 11 is 0. The molecule has 34 heavy (non-hydrogen) atoms. The average Bonchev–Trinajstić information content (AvgIpc) is 3.11. The number of fused-ring (bicyclic) bond motifs is 5. The van der Waals surface area contributed by atoms with E-state index in [1.54, 1.807) is 0 Å². The molecule has 1 heterocycles. The Bertz CT molecular complexity index is 938. The lowest BCUT2D eigenvalue weighted by Gasteiger charge is -2.56. The molecule has 1 aliphatic heterocycles. The van der Waals surface area contributed by atoms with Gasteiger partial charge in [-0.05, 0) is 74.7 Å². The third-order valence-corrected chi connectivity index (χ3v) is 9.78. The van der Waals surface area contributed by atoms with Crippen molar-refractivity contribution in [1.29, 1.82) is 0 Å². The molecule has 0 aromatic heterocycles. The summed E-state index contributed by atoms with van der Waals surface area (Å²) in [4.78, 5) is 23.5. The molecule has 4 N–H and O–H groups in total. The number of rotatable bonds is 3. The Morgan fingerprint density at radius 2 is 1.85 bits per heavy atom. The third kappa shape index (κ3) is 3.40. The maximum Gasteiger partial charge on any atom is 0.335 e. The summed E-state index contributed by atoms with van der Waals surface area (Å²) in [6.45, 7) is 2.13. The highest BCUT2D eigenvalue weighted by molar-refractivity contribution is 5.91. The van der Waals surface area contributed by atoms with E-state index in [1.807, 2.05) is 6.08 Å². The molecule has 0 spiro atoms. The highest BCUT2D eigenvalue weighted by Gasteiger charge is 2.64. The molecule has 5 aliphatic rings. The summed E-state index contributed by atoms with van der Waals surface area (Å²) in [6, 6.07) is 0. The molecule has 4 aliphatic carbocycles. The van der Waals surface area contributed by atoms with Gasteiger partial charge in [-0.3, -0.25) is 4.79 Å². The number of ketones is 1. The van der Waals surface area contributed by atoms with Crippen molar-refractivity contribution in [2.24, 2.45) is 29.1 Å². The number of hydrogen-bond donors (Lipinski definition) is 4. The normalized spacial score (nSPS) is 50.4. The first kappa shape index (κ1) is 24.0. The number of carboxylic acid groups (broad SMARTS) is 1. The van der Waals surface area contributed by atoms with E-state index < -0.39 is 47.7 Å². The summed E-state index contributed by atoms with van der Waals surface area (Å²) in [6.07, 6.45) is 6.30. The van der Waals surface area contributed by atoms with E-state index in [0.717, 1.165) is 38.5 Å². The lowest BCUT2D eigenvalue weighted by Crippen LogP contribution is -2.63. The van der Waals surface area contributed by atoms with E-state index in [9.17, 15) is 30.0 Å². The van der Waals surface area contributed by atoms with Gasteiger partial charge in [0.25, 0.3) is 0 Å². The SMILES string of the molecule is C#C[C@@]1(OC2OC(C(=O)O)C(O)C(O)C2O)CC[C@@H]2[C@H]3CCC4=CC(=O)CC[C@@H]4[C@@H]3CC[C@]21C. The first-order valence-corrected chi connectivity index (χ1v) is 12.4. The Kier molecular flexibility index (Phi) is 5.93. The van der Waals surface area contributed by atoms with Crippen molar-refractivity contribution in [2.45, 2.75) is 94.6 Å². The number of aliphatic hydroxyl groups is 3. The molecular weight excluding hydrogens is 440 g/mol. The summed E-state index contributed by atoms with van der Waals surface area (Å²) < 4.78 is 11.7. The fourth-order valence-electron chi connectivity index (χ4n) is 7.99. The summed E-state index contributed by atoms with van der Waals surface area (Å²) in [5, 5.41) is 40.2. The van der Waals surface area contributed by atoms with Crippen molar-refractivity contribution in [1.82, 2.24) is 0 Å². The van der Waals surface area contributed by atoms with Gasteiger partial charge in [0.05, 0.1) is 0 Å². The number of aliphatic carboxylic acids is 1. The van der Waals surface area contributed by atoms with Crippen molar-refractivity contribution < 1.29 is 39.5 Å². The lowest BCUT2D eigenvalue weighted by molar-refractivity contribution is -0.324. The van der Waals surface area contributed by atoms with Gasteiger partial charge in [0, 0.05) is 11.8 Å². The minimum absolute atomic E-state index is 0.240. The number of carbonyl (C=O) groups excluding carboxylic acids is 1. The first-order valence-electron chi connectivity index (χ1n) is 12.4. The fraction of sp³-hybridized carbons (Fsp3) is 0.769. The highest BCUT2D eigenvalue weighted by atomic mass is 16.7. The second-order valence-corrected chi connectivity index (χ2v) is 11.1. The molecule has 0 bridgehead atoms. The van der Waals surface area contributed by atoms with E-state index in [0.29, 0.717) is 36.5 Å². The number of carboxylic acids is 1. The van der Waals surface area contributed by atoms with Gasteiger partial charge in [0.15, 0.2) is 18.2 Å². The van der Waals surface area contributed by atoms with Crippen LogP contribution in [0, 0.1) is 41.4 Å². The second-order valence-electron chi connectivity index (χ2n) is 11.1. The number of aliphatic hydroxyl groups excluding tert-OH is 3. The van der Waals surface area contributed by atoms with Crippen LogP contribution in [0.2, 0.25) is 0 Å². The van der Waals surface area contributed by atoms with Gasteiger partial charge in [-0.2, -0.15) is 0 Å². The third-order valence-electron chi connectivity index (χ3n) is 9.78. The number of ether oxygens (including phenoxy) is 2. The minimum Gasteiger partial charge on any atom is -0.479 e. The van der Waals surface area contributed by atoms with Gasteiger partial charge in [0.2, 0.25) is 0 Å². The molecule has 8 heteroatoms. The largest absolute Gasteiger partial charge is 0.479 e. The van der Waals surface area contributed by atoms with Crippen molar-refractivity contribution in [2.75, 3.05) is 0 Å². The Morgan fingerprint density at radius 3 is 2.56 bits per heavy atom.